The molecule has 1 fully saturated rings. The Morgan fingerprint density at radius 2 is 1.57 bits per heavy atom. The lowest BCUT2D eigenvalue weighted by molar-refractivity contribution is -0.131. The lowest BCUT2D eigenvalue weighted by atomic mass is 9.95. The zero-order valence-corrected chi connectivity index (χ0v) is 26.6. The van der Waals surface area contributed by atoms with Crippen LogP contribution >= 0.6 is 0 Å². The Bertz CT molecular complexity index is 1580. The van der Waals surface area contributed by atoms with Crippen LogP contribution in [-0.2, 0) is 19.1 Å². The van der Waals surface area contributed by atoms with E-state index >= 15 is 0 Å². The molecule has 2 heterocycles. The predicted molar refractivity (Wildman–Crippen MR) is 168 cm³/mol. The van der Waals surface area contributed by atoms with E-state index in [4.69, 9.17) is 18.9 Å². The Morgan fingerprint density at radius 1 is 0.913 bits per heavy atom. The molecule has 46 heavy (non-hydrogen) atoms. The first-order valence-corrected chi connectivity index (χ1v) is 15.0. The molecule has 0 saturated carbocycles. The van der Waals surface area contributed by atoms with Gasteiger partial charge in [0.05, 0.1) is 27.4 Å². The smallest absolute Gasteiger partial charge is 0.346 e. The molecule has 13 nitrogen and oxygen atoms in total. The SMILES string of the molecule is COc1cccc(OC)c1C(=O)OCC(=O)[C@@H](CC1CCNC1=O)NC(=O)[C@@H](CC(C)C)NC(=O)c1cc2c(OC)cccc2[nH]1. The number of ketones is 1. The van der Waals surface area contributed by atoms with Crippen molar-refractivity contribution in [2.45, 2.75) is 45.2 Å². The number of hydrogen-bond donors (Lipinski definition) is 4. The second-order valence-corrected chi connectivity index (χ2v) is 11.4. The first-order chi connectivity index (χ1) is 22.1. The normalized spacial score (nSPS) is 15.5. The molecule has 4 N–H and O–H groups in total. The van der Waals surface area contributed by atoms with Crippen LogP contribution in [0.5, 0.6) is 17.2 Å². The molecular formula is C33H40N4O9. The number of benzene rings is 2. The number of aromatic nitrogens is 1. The maximum atomic E-state index is 13.7. The Hall–Kier alpha value is -5.07. The third-order valence-corrected chi connectivity index (χ3v) is 7.78. The van der Waals surface area contributed by atoms with Gasteiger partial charge >= 0.3 is 5.97 Å². The van der Waals surface area contributed by atoms with Gasteiger partial charge in [-0.2, -0.15) is 0 Å². The fourth-order valence-electron chi connectivity index (χ4n) is 5.43. The fourth-order valence-corrected chi connectivity index (χ4v) is 5.43. The minimum atomic E-state index is -1.17. The summed E-state index contributed by atoms with van der Waals surface area (Å²) in [4.78, 5) is 68.9. The third kappa shape index (κ3) is 7.95. The summed E-state index contributed by atoms with van der Waals surface area (Å²) in [5.41, 5.74) is 0.926. The number of H-pyrrole nitrogens is 1. The van der Waals surface area contributed by atoms with Crippen molar-refractivity contribution < 1.29 is 42.9 Å². The molecule has 1 saturated heterocycles. The number of carbonyl (C=O) groups is 5. The van der Waals surface area contributed by atoms with E-state index in [1.807, 2.05) is 13.8 Å². The van der Waals surface area contributed by atoms with Gasteiger partial charge in [0.15, 0.2) is 12.4 Å². The van der Waals surface area contributed by atoms with Gasteiger partial charge in [0.1, 0.15) is 34.5 Å². The summed E-state index contributed by atoms with van der Waals surface area (Å²) in [6, 6.07) is 9.59. The highest BCUT2D eigenvalue weighted by atomic mass is 16.5. The fraction of sp³-hybridized carbons (Fsp3) is 0.424. The van der Waals surface area contributed by atoms with Gasteiger partial charge in [0, 0.05) is 23.4 Å². The third-order valence-electron chi connectivity index (χ3n) is 7.78. The molecule has 1 aliphatic heterocycles. The topological polar surface area (TPSA) is 174 Å². The maximum absolute atomic E-state index is 13.7. The average Bonchev–Trinajstić information content (AvgIpc) is 3.67. The van der Waals surface area contributed by atoms with Crippen molar-refractivity contribution in [1.82, 2.24) is 20.9 Å². The van der Waals surface area contributed by atoms with Gasteiger partial charge in [-0.1, -0.05) is 26.0 Å². The summed E-state index contributed by atoms with van der Waals surface area (Å²) >= 11 is 0. The molecule has 0 bridgehead atoms. The summed E-state index contributed by atoms with van der Waals surface area (Å²) in [5.74, 6) is -2.37. The van der Waals surface area contributed by atoms with E-state index in [-0.39, 0.29) is 47.4 Å². The Morgan fingerprint density at radius 3 is 2.17 bits per heavy atom. The molecule has 0 aliphatic carbocycles. The monoisotopic (exact) mass is 636 g/mol. The molecule has 1 aromatic heterocycles. The van der Waals surface area contributed by atoms with Crippen LogP contribution in [0.1, 0.15) is 54.0 Å². The zero-order valence-electron chi connectivity index (χ0n) is 26.6. The number of amides is 3. The molecule has 3 atom stereocenters. The van der Waals surface area contributed by atoms with Gasteiger partial charge in [-0.3, -0.25) is 19.2 Å². The molecule has 3 amide bonds. The Labute approximate surface area is 266 Å². The van der Waals surface area contributed by atoms with Crippen LogP contribution in [0.2, 0.25) is 0 Å². The van der Waals surface area contributed by atoms with Crippen LogP contribution in [-0.4, -0.2) is 81.0 Å². The number of nitrogens with one attached hydrogen (secondary N) is 4. The molecule has 1 aliphatic rings. The number of carbonyl (C=O) groups excluding carboxylic acids is 5. The van der Waals surface area contributed by atoms with E-state index < -0.39 is 48.2 Å². The number of hydrogen-bond acceptors (Lipinski definition) is 9. The second kappa shape index (κ2) is 15.3. The number of methoxy groups -OCH3 is 3. The van der Waals surface area contributed by atoms with Gasteiger partial charge in [-0.05, 0) is 55.5 Å². The number of ether oxygens (including phenoxy) is 4. The predicted octanol–water partition coefficient (Wildman–Crippen LogP) is 2.78. The van der Waals surface area contributed by atoms with E-state index in [1.165, 1.54) is 21.3 Å². The molecule has 0 spiro atoms. The standard InChI is InChI=1S/C33H40N4O9/c1-18(2)14-23(37-32(41)24-16-20-21(35-24)8-6-9-26(20)43-3)31(40)36-22(15-19-12-13-34-30(19)39)25(38)17-46-33(42)29-27(44-4)10-7-11-28(29)45-5/h6-11,16,18-19,22-23,35H,12-15,17H2,1-5H3,(H,34,39)(H,36,40)(H,37,41)/t19?,22-,23-/m1/s1. The van der Waals surface area contributed by atoms with Crippen LogP contribution in [0.25, 0.3) is 10.9 Å². The zero-order chi connectivity index (χ0) is 33.4. The van der Waals surface area contributed by atoms with E-state index in [2.05, 4.69) is 20.9 Å². The molecular weight excluding hydrogens is 596 g/mol. The van der Waals surface area contributed by atoms with Crippen molar-refractivity contribution >= 4 is 40.4 Å². The largest absolute Gasteiger partial charge is 0.496 e. The van der Waals surface area contributed by atoms with Crippen molar-refractivity contribution in [1.29, 1.82) is 0 Å². The van der Waals surface area contributed by atoms with Crippen molar-refractivity contribution in [2.75, 3.05) is 34.5 Å². The lowest BCUT2D eigenvalue weighted by Gasteiger charge is -2.25. The van der Waals surface area contributed by atoms with Gasteiger partial charge < -0.3 is 39.9 Å². The molecule has 1 unspecified atom stereocenters. The van der Waals surface area contributed by atoms with Gasteiger partial charge in [0.25, 0.3) is 5.91 Å². The van der Waals surface area contributed by atoms with Crippen molar-refractivity contribution in [2.24, 2.45) is 11.8 Å². The van der Waals surface area contributed by atoms with Crippen LogP contribution in [0.3, 0.4) is 0 Å². The Balaban J connectivity index is 1.51. The lowest BCUT2D eigenvalue weighted by Crippen LogP contribution is -2.53. The van der Waals surface area contributed by atoms with Crippen LogP contribution in [0.15, 0.2) is 42.5 Å². The molecule has 246 valence electrons. The minimum absolute atomic E-state index is 0.00388. The van der Waals surface area contributed by atoms with E-state index in [1.54, 1.807) is 42.5 Å². The first-order valence-electron chi connectivity index (χ1n) is 15.0. The molecule has 4 rings (SSSR count). The number of rotatable bonds is 15. The summed E-state index contributed by atoms with van der Waals surface area (Å²) in [5, 5.41) is 8.95. The minimum Gasteiger partial charge on any atom is -0.496 e. The van der Waals surface area contributed by atoms with Crippen molar-refractivity contribution in [3.63, 3.8) is 0 Å². The first kappa shape index (κ1) is 33.8. The highest BCUT2D eigenvalue weighted by molar-refractivity contribution is 6.02. The second-order valence-electron chi connectivity index (χ2n) is 11.4. The van der Waals surface area contributed by atoms with Crippen molar-refractivity contribution in [3.8, 4) is 17.2 Å². The highest BCUT2D eigenvalue weighted by Gasteiger charge is 2.34. The molecule has 0 radical (unpaired) electrons. The van der Waals surface area contributed by atoms with E-state index in [0.29, 0.717) is 29.6 Å². The van der Waals surface area contributed by atoms with Gasteiger partial charge in [-0.15, -0.1) is 0 Å². The summed E-state index contributed by atoms with van der Waals surface area (Å²) < 4.78 is 21.2. The van der Waals surface area contributed by atoms with Crippen LogP contribution in [0, 0.1) is 11.8 Å². The molecule has 3 aromatic rings. The quantitative estimate of drug-likeness (QED) is 0.183. The highest BCUT2D eigenvalue weighted by Crippen LogP contribution is 2.29. The molecule has 13 heteroatoms. The van der Waals surface area contributed by atoms with Gasteiger partial charge in [-0.25, -0.2) is 4.79 Å². The number of esters is 1. The summed E-state index contributed by atoms with van der Waals surface area (Å²) in [6.45, 7) is 3.56. The van der Waals surface area contributed by atoms with Gasteiger partial charge in [0.2, 0.25) is 11.8 Å². The Kier molecular flexibility index (Phi) is 11.2. The summed E-state index contributed by atoms with van der Waals surface area (Å²) in [6.07, 6.45) is 0.747. The maximum Gasteiger partial charge on any atom is 0.346 e. The van der Waals surface area contributed by atoms with Crippen molar-refractivity contribution in [3.05, 3.63) is 53.7 Å². The molecule has 2 aromatic carbocycles. The number of Topliss-reactive ketones (excluding diaryl/α,β-unsaturated/α-hetero) is 1. The van der Waals surface area contributed by atoms with Crippen LogP contribution < -0.4 is 30.2 Å². The number of fused-ring (bicyclic) bond motifs is 1. The van der Waals surface area contributed by atoms with E-state index in [9.17, 15) is 24.0 Å². The van der Waals surface area contributed by atoms with Crippen LogP contribution in [0.4, 0.5) is 0 Å². The average molecular weight is 637 g/mol. The number of aromatic amines is 1. The summed E-state index contributed by atoms with van der Waals surface area (Å²) in [7, 11) is 4.31. The van der Waals surface area contributed by atoms with E-state index in [0.717, 1.165) is 0 Å².